The zero-order chi connectivity index (χ0) is 23.8. The Hall–Kier alpha value is -3.91. The fourth-order valence-corrected chi connectivity index (χ4v) is 4.41. The minimum Gasteiger partial charge on any atom is -0.351 e. The number of thiocarbonyl (C=S) groups is 1. The molecule has 170 valence electrons. The summed E-state index contributed by atoms with van der Waals surface area (Å²) in [4.78, 5) is 6.52. The normalized spacial score (nSPS) is 16.1. The van der Waals surface area contributed by atoms with Crippen LogP contribution in [0.3, 0.4) is 0 Å². The Bertz CT molecular complexity index is 1400. The molecule has 0 spiro atoms. The highest BCUT2D eigenvalue weighted by molar-refractivity contribution is 7.80. The molecule has 34 heavy (non-hydrogen) atoms. The van der Waals surface area contributed by atoms with E-state index in [0.29, 0.717) is 28.0 Å². The summed E-state index contributed by atoms with van der Waals surface area (Å²) in [6.45, 7) is 3.95. The van der Waals surface area contributed by atoms with Crippen LogP contribution in [0.4, 0.5) is 14.5 Å². The van der Waals surface area contributed by atoms with Crippen LogP contribution in [0.25, 0.3) is 17.0 Å². The van der Waals surface area contributed by atoms with Gasteiger partial charge in [0.15, 0.2) is 5.11 Å². The van der Waals surface area contributed by atoms with Crippen molar-refractivity contribution < 1.29 is 13.3 Å². The van der Waals surface area contributed by atoms with Crippen LogP contribution in [0.1, 0.15) is 30.0 Å². The maximum Gasteiger partial charge on any atom is 0.258 e. The summed E-state index contributed by atoms with van der Waals surface area (Å²) in [7, 11) is 0. The summed E-state index contributed by atoms with van der Waals surface area (Å²) in [5, 5.41) is 7.97. The first-order valence-corrected chi connectivity index (χ1v) is 11.0. The van der Waals surface area contributed by atoms with Crippen molar-refractivity contribution in [2.45, 2.75) is 19.9 Å². The van der Waals surface area contributed by atoms with Gasteiger partial charge in [0, 0.05) is 16.9 Å². The molecule has 1 atom stereocenters. The van der Waals surface area contributed by atoms with Gasteiger partial charge < -0.3 is 9.84 Å². The number of aromatic nitrogens is 2. The average Bonchev–Trinajstić information content (AvgIpc) is 3.29. The van der Waals surface area contributed by atoms with E-state index in [1.165, 1.54) is 24.3 Å². The standard InChI is InChI=1S/C26H20F2N4OS/c1-15-4-3-5-21(14-15)32-16(2)22(23(29-26(32)34)17-6-10-19(27)11-7-17)25-30-24(31-33-25)18-8-12-20(28)13-9-18/h3-14,23H,1-2H3,(H,29,34). The van der Waals surface area contributed by atoms with Gasteiger partial charge in [0.2, 0.25) is 5.82 Å². The van der Waals surface area contributed by atoms with Crippen LogP contribution in [-0.2, 0) is 0 Å². The number of benzene rings is 3. The third-order valence-electron chi connectivity index (χ3n) is 5.71. The third kappa shape index (κ3) is 4.08. The molecule has 0 saturated carbocycles. The molecule has 5 nitrogen and oxygen atoms in total. The summed E-state index contributed by atoms with van der Waals surface area (Å²) in [6, 6.07) is 19.6. The molecule has 8 heteroatoms. The van der Waals surface area contributed by atoms with Crippen LogP contribution >= 0.6 is 12.2 Å². The molecule has 1 aromatic heterocycles. The molecule has 1 aliphatic heterocycles. The van der Waals surface area contributed by atoms with Crippen LogP contribution in [0.15, 0.2) is 83.0 Å². The maximum atomic E-state index is 13.6. The minimum atomic E-state index is -0.435. The zero-order valence-corrected chi connectivity index (χ0v) is 19.2. The Balaban J connectivity index is 1.65. The molecule has 0 amide bonds. The number of anilines is 1. The van der Waals surface area contributed by atoms with E-state index in [1.807, 2.05) is 43.0 Å². The lowest BCUT2D eigenvalue weighted by Gasteiger charge is -2.37. The Kier molecular flexibility index (Phi) is 5.67. The Morgan fingerprint density at radius 1 is 0.941 bits per heavy atom. The molecule has 0 fully saturated rings. The zero-order valence-electron chi connectivity index (χ0n) is 18.4. The van der Waals surface area contributed by atoms with Crippen LogP contribution in [0.2, 0.25) is 0 Å². The molecule has 0 radical (unpaired) electrons. The van der Waals surface area contributed by atoms with E-state index in [2.05, 4.69) is 15.5 Å². The van der Waals surface area contributed by atoms with Gasteiger partial charge in [-0.1, -0.05) is 29.4 Å². The fourth-order valence-electron chi connectivity index (χ4n) is 4.05. The van der Waals surface area contributed by atoms with Crippen LogP contribution in [0.5, 0.6) is 0 Å². The maximum absolute atomic E-state index is 13.6. The monoisotopic (exact) mass is 474 g/mol. The number of halogens is 2. The number of aryl methyl sites for hydroxylation is 1. The molecule has 1 unspecified atom stereocenters. The summed E-state index contributed by atoms with van der Waals surface area (Å²) in [5.41, 5.74) is 4.92. The molecule has 4 aromatic rings. The van der Waals surface area contributed by atoms with Crippen molar-refractivity contribution in [2.24, 2.45) is 0 Å². The molecule has 3 aromatic carbocycles. The molecule has 1 N–H and O–H groups in total. The van der Waals surface area contributed by atoms with Crippen molar-refractivity contribution in [1.29, 1.82) is 0 Å². The van der Waals surface area contributed by atoms with Gasteiger partial charge in [-0.15, -0.1) is 0 Å². The first kappa shape index (κ1) is 21.9. The average molecular weight is 475 g/mol. The minimum absolute atomic E-state index is 0.291. The van der Waals surface area contributed by atoms with E-state index < -0.39 is 6.04 Å². The van der Waals surface area contributed by atoms with Crippen molar-refractivity contribution in [2.75, 3.05) is 4.90 Å². The molecular weight excluding hydrogens is 454 g/mol. The molecule has 0 aliphatic carbocycles. The predicted octanol–water partition coefficient (Wildman–Crippen LogP) is 6.19. The second-order valence-electron chi connectivity index (χ2n) is 8.04. The third-order valence-corrected chi connectivity index (χ3v) is 6.01. The van der Waals surface area contributed by atoms with E-state index in [9.17, 15) is 8.78 Å². The second kappa shape index (κ2) is 8.79. The van der Waals surface area contributed by atoms with Crippen LogP contribution in [-0.4, -0.2) is 15.3 Å². The Morgan fingerprint density at radius 3 is 2.29 bits per heavy atom. The number of hydrogen-bond donors (Lipinski definition) is 1. The largest absolute Gasteiger partial charge is 0.351 e. The first-order chi connectivity index (χ1) is 16.4. The predicted molar refractivity (Wildman–Crippen MR) is 131 cm³/mol. The van der Waals surface area contributed by atoms with Crippen molar-refractivity contribution in [3.63, 3.8) is 0 Å². The van der Waals surface area contributed by atoms with Gasteiger partial charge >= 0.3 is 0 Å². The lowest BCUT2D eigenvalue weighted by Crippen LogP contribution is -2.46. The quantitative estimate of drug-likeness (QED) is 0.356. The fraction of sp³-hybridized carbons (Fsp3) is 0.115. The highest BCUT2D eigenvalue weighted by Crippen LogP contribution is 2.39. The molecule has 0 saturated heterocycles. The molecule has 1 aliphatic rings. The first-order valence-electron chi connectivity index (χ1n) is 10.6. The molecule has 5 rings (SSSR count). The number of nitrogens with one attached hydrogen (secondary N) is 1. The van der Waals surface area contributed by atoms with Crippen molar-refractivity contribution in [1.82, 2.24) is 15.5 Å². The van der Waals surface area contributed by atoms with Gasteiger partial charge in [-0.25, -0.2) is 8.78 Å². The highest BCUT2D eigenvalue weighted by Gasteiger charge is 2.34. The molecule has 2 heterocycles. The number of hydrogen-bond acceptors (Lipinski definition) is 4. The lowest BCUT2D eigenvalue weighted by atomic mass is 9.94. The van der Waals surface area contributed by atoms with Gasteiger partial charge in [-0.2, -0.15) is 4.98 Å². The van der Waals surface area contributed by atoms with Crippen LogP contribution in [0, 0.1) is 18.6 Å². The number of rotatable bonds is 4. The lowest BCUT2D eigenvalue weighted by molar-refractivity contribution is 0.404. The Labute approximate surface area is 200 Å². The van der Waals surface area contributed by atoms with E-state index >= 15 is 0 Å². The summed E-state index contributed by atoms with van der Waals surface area (Å²) >= 11 is 5.73. The van der Waals surface area contributed by atoms with Crippen molar-refractivity contribution >= 4 is 28.6 Å². The summed E-state index contributed by atoms with van der Waals surface area (Å²) in [6.07, 6.45) is 0. The van der Waals surface area contributed by atoms with E-state index in [0.717, 1.165) is 22.5 Å². The summed E-state index contributed by atoms with van der Waals surface area (Å²) in [5.74, 6) is -0.0504. The van der Waals surface area contributed by atoms with Gasteiger partial charge in [0.05, 0.1) is 11.6 Å². The van der Waals surface area contributed by atoms with Crippen molar-refractivity contribution in [3.05, 3.63) is 107 Å². The van der Waals surface area contributed by atoms with E-state index in [-0.39, 0.29) is 11.6 Å². The van der Waals surface area contributed by atoms with Gasteiger partial charge in [0.1, 0.15) is 11.6 Å². The van der Waals surface area contributed by atoms with E-state index in [4.69, 9.17) is 16.7 Å². The van der Waals surface area contributed by atoms with Crippen molar-refractivity contribution in [3.8, 4) is 11.4 Å². The van der Waals surface area contributed by atoms with Gasteiger partial charge in [-0.05, 0) is 85.7 Å². The van der Waals surface area contributed by atoms with E-state index in [1.54, 1.807) is 24.3 Å². The number of allylic oxidation sites excluding steroid dienone is 1. The molecular formula is C26H20F2N4OS. The van der Waals surface area contributed by atoms with Crippen LogP contribution < -0.4 is 10.2 Å². The number of nitrogens with zero attached hydrogens (tertiary/aromatic N) is 3. The highest BCUT2D eigenvalue weighted by atomic mass is 32.1. The topological polar surface area (TPSA) is 54.2 Å². The van der Waals surface area contributed by atoms with Gasteiger partial charge in [-0.3, -0.25) is 4.90 Å². The summed E-state index contributed by atoms with van der Waals surface area (Å²) < 4.78 is 32.7. The van der Waals surface area contributed by atoms with Gasteiger partial charge in [0.25, 0.3) is 5.89 Å². The smallest absolute Gasteiger partial charge is 0.258 e. The molecule has 0 bridgehead atoms. The SMILES string of the molecule is CC1=C(c2nc(-c3ccc(F)cc3)no2)C(c2ccc(F)cc2)NC(=S)N1c1cccc(C)c1. The second-order valence-corrected chi connectivity index (χ2v) is 8.42. The Morgan fingerprint density at radius 2 is 1.62 bits per heavy atom.